The molecule has 1 heterocycles. The fourth-order valence-corrected chi connectivity index (χ4v) is 3.51. The normalized spacial score (nSPS) is 18.4. The summed E-state index contributed by atoms with van der Waals surface area (Å²) in [6.07, 6.45) is 4.17. The van der Waals surface area contributed by atoms with E-state index in [1.54, 1.807) is 0 Å². The van der Waals surface area contributed by atoms with Gasteiger partial charge in [0.05, 0.1) is 0 Å². The second kappa shape index (κ2) is 7.63. The zero-order chi connectivity index (χ0) is 16.1. The Bertz CT molecular complexity index is 504. The highest BCUT2D eigenvalue weighted by Gasteiger charge is 2.25. The SMILES string of the molecule is Cc1cc(C)c(CCNC(=O)N2CCCCC2CN)c(C)c1. The first kappa shape index (κ1) is 16.8. The fraction of sp³-hybridized carbons (Fsp3) is 0.611. The minimum absolute atomic E-state index is 0.0394. The molecule has 1 aromatic carbocycles. The van der Waals surface area contributed by atoms with Crippen molar-refractivity contribution in [1.82, 2.24) is 10.2 Å². The van der Waals surface area contributed by atoms with Crippen LogP contribution in [0.5, 0.6) is 0 Å². The zero-order valence-electron chi connectivity index (χ0n) is 14.1. The van der Waals surface area contributed by atoms with Gasteiger partial charge in [0.2, 0.25) is 0 Å². The van der Waals surface area contributed by atoms with Gasteiger partial charge in [0.1, 0.15) is 0 Å². The van der Waals surface area contributed by atoms with Crippen LogP contribution in [0.2, 0.25) is 0 Å². The van der Waals surface area contributed by atoms with Crippen LogP contribution < -0.4 is 11.1 Å². The van der Waals surface area contributed by atoms with Gasteiger partial charge >= 0.3 is 6.03 Å². The summed E-state index contributed by atoms with van der Waals surface area (Å²) in [5.74, 6) is 0. The second-order valence-corrected chi connectivity index (χ2v) is 6.44. The number of carbonyl (C=O) groups is 1. The van der Waals surface area contributed by atoms with Crippen LogP contribution in [0.25, 0.3) is 0 Å². The third kappa shape index (κ3) is 4.01. The zero-order valence-corrected chi connectivity index (χ0v) is 14.1. The molecule has 122 valence electrons. The Morgan fingerprint density at radius 2 is 1.95 bits per heavy atom. The van der Waals surface area contributed by atoms with Crippen molar-refractivity contribution in [2.75, 3.05) is 19.6 Å². The molecule has 2 rings (SSSR count). The van der Waals surface area contributed by atoms with E-state index >= 15 is 0 Å². The molecule has 1 aromatic rings. The summed E-state index contributed by atoms with van der Waals surface area (Å²) in [5, 5.41) is 3.07. The fourth-order valence-electron chi connectivity index (χ4n) is 3.51. The number of aryl methyl sites for hydroxylation is 3. The monoisotopic (exact) mass is 303 g/mol. The largest absolute Gasteiger partial charge is 0.338 e. The van der Waals surface area contributed by atoms with Gasteiger partial charge in [-0.3, -0.25) is 0 Å². The number of piperidine rings is 1. The van der Waals surface area contributed by atoms with Crippen LogP contribution in [0.3, 0.4) is 0 Å². The van der Waals surface area contributed by atoms with E-state index in [-0.39, 0.29) is 12.1 Å². The molecule has 4 nitrogen and oxygen atoms in total. The summed E-state index contributed by atoms with van der Waals surface area (Å²) in [4.78, 5) is 14.3. The van der Waals surface area contributed by atoms with Crippen LogP contribution in [0.1, 0.15) is 41.5 Å². The average Bonchev–Trinajstić information content (AvgIpc) is 2.49. The Morgan fingerprint density at radius 1 is 1.27 bits per heavy atom. The number of hydrogen-bond donors (Lipinski definition) is 2. The van der Waals surface area contributed by atoms with Crippen molar-refractivity contribution in [3.8, 4) is 0 Å². The highest BCUT2D eigenvalue weighted by Crippen LogP contribution is 2.18. The molecule has 0 saturated carbocycles. The molecule has 3 N–H and O–H groups in total. The molecular formula is C18H29N3O. The number of likely N-dealkylation sites (tertiary alicyclic amines) is 1. The summed E-state index contributed by atoms with van der Waals surface area (Å²) in [6.45, 7) is 8.48. The van der Waals surface area contributed by atoms with Crippen LogP contribution in [0.15, 0.2) is 12.1 Å². The van der Waals surface area contributed by atoms with Gasteiger partial charge in [-0.15, -0.1) is 0 Å². The number of nitrogens with zero attached hydrogens (tertiary/aromatic N) is 1. The summed E-state index contributed by atoms with van der Waals surface area (Å²) < 4.78 is 0. The van der Waals surface area contributed by atoms with Crippen molar-refractivity contribution in [2.24, 2.45) is 5.73 Å². The van der Waals surface area contributed by atoms with Gasteiger partial charge in [0.25, 0.3) is 0 Å². The topological polar surface area (TPSA) is 58.4 Å². The summed E-state index contributed by atoms with van der Waals surface area (Å²) in [7, 11) is 0. The maximum Gasteiger partial charge on any atom is 0.317 e. The standard InChI is InChI=1S/C18H29N3O/c1-13-10-14(2)17(15(3)11-13)7-8-20-18(22)21-9-5-4-6-16(21)12-19/h10-11,16H,4-9,12,19H2,1-3H3,(H,20,22). The van der Waals surface area contributed by atoms with E-state index in [1.165, 1.54) is 28.7 Å². The van der Waals surface area contributed by atoms with Crippen molar-refractivity contribution in [3.05, 3.63) is 34.4 Å². The first-order valence-corrected chi connectivity index (χ1v) is 8.34. The van der Waals surface area contributed by atoms with Crippen molar-refractivity contribution >= 4 is 6.03 Å². The quantitative estimate of drug-likeness (QED) is 0.898. The second-order valence-electron chi connectivity index (χ2n) is 6.44. The first-order chi connectivity index (χ1) is 10.5. The highest BCUT2D eigenvalue weighted by molar-refractivity contribution is 5.74. The average molecular weight is 303 g/mol. The van der Waals surface area contributed by atoms with Gasteiger partial charge in [-0.2, -0.15) is 0 Å². The van der Waals surface area contributed by atoms with E-state index in [4.69, 9.17) is 5.73 Å². The number of hydrogen-bond acceptors (Lipinski definition) is 2. The minimum Gasteiger partial charge on any atom is -0.338 e. The Kier molecular flexibility index (Phi) is 5.83. The van der Waals surface area contributed by atoms with Gasteiger partial charge < -0.3 is 16.0 Å². The Labute approximate surface area is 134 Å². The highest BCUT2D eigenvalue weighted by atomic mass is 16.2. The molecule has 1 aliphatic rings. The van der Waals surface area contributed by atoms with Crippen molar-refractivity contribution < 1.29 is 4.79 Å². The van der Waals surface area contributed by atoms with E-state index in [2.05, 4.69) is 38.2 Å². The smallest absolute Gasteiger partial charge is 0.317 e. The lowest BCUT2D eigenvalue weighted by Crippen LogP contribution is -2.51. The van der Waals surface area contributed by atoms with Crippen LogP contribution in [0, 0.1) is 20.8 Å². The lowest BCUT2D eigenvalue weighted by Gasteiger charge is -2.35. The summed E-state index contributed by atoms with van der Waals surface area (Å²) in [6, 6.07) is 4.66. The van der Waals surface area contributed by atoms with E-state index in [0.717, 1.165) is 25.8 Å². The number of benzene rings is 1. The molecule has 22 heavy (non-hydrogen) atoms. The number of nitrogens with two attached hydrogens (primary N) is 1. The molecule has 0 radical (unpaired) electrons. The van der Waals surface area contributed by atoms with Gasteiger partial charge in [-0.05, 0) is 63.1 Å². The predicted octanol–water partition coefficient (Wildman–Crippen LogP) is 2.68. The Morgan fingerprint density at radius 3 is 2.59 bits per heavy atom. The van der Waals surface area contributed by atoms with Crippen LogP contribution in [-0.4, -0.2) is 36.6 Å². The number of carbonyl (C=O) groups excluding carboxylic acids is 1. The lowest BCUT2D eigenvalue weighted by atomic mass is 9.97. The lowest BCUT2D eigenvalue weighted by molar-refractivity contribution is 0.154. The van der Waals surface area contributed by atoms with Crippen LogP contribution in [0.4, 0.5) is 4.79 Å². The predicted molar refractivity (Wildman–Crippen MR) is 91.2 cm³/mol. The van der Waals surface area contributed by atoms with E-state index in [9.17, 15) is 4.79 Å². The number of urea groups is 1. The molecule has 0 aliphatic carbocycles. The molecule has 1 atom stereocenters. The molecule has 1 fully saturated rings. The van der Waals surface area contributed by atoms with Gasteiger partial charge in [0.15, 0.2) is 0 Å². The summed E-state index contributed by atoms with van der Waals surface area (Å²) >= 11 is 0. The molecule has 1 saturated heterocycles. The van der Waals surface area contributed by atoms with E-state index in [1.807, 2.05) is 4.90 Å². The maximum absolute atomic E-state index is 12.3. The summed E-state index contributed by atoms with van der Waals surface area (Å²) in [5.41, 5.74) is 11.0. The van der Waals surface area contributed by atoms with Crippen LogP contribution in [-0.2, 0) is 6.42 Å². The van der Waals surface area contributed by atoms with Crippen LogP contribution >= 0.6 is 0 Å². The molecule has 0 bridgehead atoms. The Balaban J connectivity index is 1.89. The molecule has 0 spiro atoms. The van der Waals surface area contributed by atoms with Crippen molar-refractivity contribution in [3.63, 3.8) is 0 Å². The van der Waals surface area contributed by atoms with E-state index < -0.39 is 0 Å². The molecule has 1 unspecified atom stereocenters. The van der Waals surface area contributed by atoms with Crippen molar-refractivity contribution in [2.45, 2.75) is 52.5 Å². The van der Waals surface area contributed by atoms with Gasteiger partial charge in [-0.25, -0.2) is 4.79 Å². The number of amides is 2. The third-order valence-electron chi connectivity index (χ3n) is 4.65. The molecule has 2 amide bonds. The number of nitrogens with one attached hydrogen (secondary N) is 1. The van der Waals surface area contributed by atoms with Gasteiger partial charge in [-0.1, -0.05) is 17.7 Å². The molecule has 1 aliphatic heterocycles. The van der Waals surface area contributed by atoms with E-state index in [0.29, 0.717) is 13.1 Å². The maximum atomic E-state index is 12.3. The third-order valence-corrected chi connectivity index (χ3v) is 4.65. The Hall–Kier alpha value is -1.55. The van der Waals surface area contributed by atoms with Gasteiger partial charge in [0, 0.05) is 25.7 Å². The minimum atomic E-state index is 0.0394. The number of rotatable bonds is 4. The molecule has 4 heteroatoms. The first-order valence-electron chi connectivity index (χ1n) is 8.34. The van der Waals surface area contributed by atoms with Crippen molar-refractivity contribution in [1.29, 1.82) is 0 Å². The molecule has 0 aromatic heterocycles. The molecular weight excluding hydrogens is 274 g/mol.